The minimum Gasteiger partial charge on any atom is -0.497 e. The molecule has 0 bridgehead atoms. The first kappa shape index (κ1) is 11.7. The van der Waals surface area contributed by atoms with E-state index >= 15 is 0 Å². The zero-order valence-electron chi connectivity index (χ0n) is 9.42. The Kier molecular flexibility index (Phi) is 3.14. The number of nitrogens with zero attached hydrogens (tertiary/aromatic N) is 1. The molecule has 1 aromatic carbocycles. The van der Waals surface area contributed by atoms with Crippen molar-refractivity contribution in [2.45, 2.75) is 25.0 Å². The lowest BCUT2D eigenvalue weighted by Crippen LogP contribution is -2.39. The molecule has 1 aliphatic carbocycles. The molecule has 0 spiro atoms. The van der Waals surface area contributed by atoms with Gasteiger partial charge in [-0.05, 0) is 18.9 Å². The third-order valence-electron chi connectivity index (χ3n) is 2.87. The molecule has 0 aromatic heterocycles. The lowest BCUT2D eigenvalue weighted by atomic mass is 9.89. The quantitative estimate of drug-likeness (QED) is 0.614. The van der Waals surface area contributed by atoms with Gasteiger partial charge in [0.25, 0.3) is 5.69 Å². The van der Waals surface area contributed by atoms with E-state index in [1.54, 1.807) is 12.1 Å². The summed E-state index contributed by atoms with van der Waals surface area (Å²) in [7, 11) is 1.51. The summed E-state index contributed by atoms with van der Waals surface area (Å²) in [4.78, 5) is 10.4. The number of methoxy groups -OCH3 is 1. The fraction of sp³-hybridized carbons (Fsp3) is 0.455. The molecule has 1 fully saturated rings. The van der Waals surface area contributed by atoms with Crippen LogP contribution >= 0.6 is 0 Å². The van der Waals surface area contributed by atoms with Crippen molar-refractivity contribution in [2.75, 3.05) is 12.4 Å². The van der Waals surface area contributed by atoms with Crippen LogP contribution in [0.4, 0.5) is 11.4 Å². The fourth-order valence-corrected chi connectivity index (χ4v) is 1.84. The Labute approximate surface area is 98.4 Å². The highest BCUT2D eigenvalue weighted by Crippen LogP contribution is 2.32. The molecule has 6 nitrogen and oxygen atoms in total. The maximum Gasteiger partial charge on any atom is 0.292 e. The van der Waals surface area contributed by atoms with E-state index in [2.05, 4.69) is 5.32 Å². The van der Waals surface area contributed by atoms with Crippen molar-refractivity contribution in [2.24, 2.45) is 0 Å². The van der Waals surface area contributed by atoms with Gasteiger partial charge in [0.15, 0.2) is 0 Å². The van der Waals surface area contributed by atoms with Gasteiger partial charge in [-0.3, -0.25) is 10.1 Å². The maximum atomic E-state index is 10.8. The van der Waals surface area contributed by atoms with Crippen molar-refractivity contribution >= 4 is 11.4 Å². The van der Waals surface area contributed by atoms with Crippen LogP contribution in [-0.2, 0) is 0 Å². The van der Waals surface area contributed by atoms with Gasteiger partial charge >= 0.3 is 0 Å². The fourth-order valence-electron chi connectivity index (χ4n) is 1.84. The summed E-state index contributed by atoms with van der Waals surface area (Å²) in [5.41, 5.74) is 0.457. The van der Waals surface area contributed by atoms with E-state index in [4.69, 9.17) is 4.74 Å². The van der Waals surface area contributed by atoms with Crippen LogP contribution in [-0.4, -0.2) is 29.3 Å². The Morgan fingerprint density at radius 3 is 2.76 bits per heavy atom. The number of benzene rings is 1. The Morgan fingerprint density at radius 2 is 2.24 bits per heavy atom. The molecule has 2 N–H and O–H groups in total. The number of aliphatic hydroxyl groups is 1. The molecule has 6 heteroatoms. The van der Waals surface area contributed by atoms with Gasteiger partial charge in [0.2, 0.25) is 0 Å². The van der Waals surface area contributed by atoms with E-state index in [-0.39, 0.29) is 17.8 Å². The van der Waals surface area contributed by atoms with Crippen LogP contribution in [0.5, 0.6) is 5.75 Å². The number of rotatable bonds is 4. The summed E-state index contributed by atoms with van der Waals surface area (Å²) in [6, 6.07) is 4.66. The van der Waals surface area contributed by atoms with Crippen LogP contribution in [0.3, 0.4) is 0 Å². The summed E-state index contributed by atoms with van der Waals surface area (Å²) in [6.45, 7) is 0. The summed E-state index contributed by atoms with van der Waals surface area (Å²) >= 11 is 0. The van der Waals surface area contributed by atoms with Gasteiger partial charge in [-0.1, -0.05) is 0 Å². The number of ether oxygens (including phenoxy) is 1. The standard InChI is InChI=1S/C11H14N2O4/c1-17-9-2-3-11(13(15)16)10(6-9)12-7-4-8(14)5-7/h2-3,6-8,12,14H,4-5H2,1H3. The second kappa shape index (κ2) is 4.58. The van der Waals surface area contributed by atoms with Crippen LogP contribution in [0, 0.1) is 10.1 Å². The number of hydrogen-bond acceptors (Lipinski definition) is 5. The third kappa shape index (κ3) is 2.47. The van der Waals surface area contributed by atoms with Gasteiger partial charge in [0, 0.05) is 18.2 Å². The molecule has 0 radical (unpaired) electrons. The Morgan fingerprint density at radius 1 is 1.53 bits per heavy atom. The number of hydrogen-bond donors (Lipinski definition) is 2. The van der Waals surface area contributed by atoms with Crippen molar-refractivity contribution in [3.05, 3.63) is 28.3 Å². The minimum absolute atomic E-state index is 0.0205. The van der Waals surface area contributed by atoms with Crippen LogP contribution < -0.4 is 10.1 Å². The van der Waals surface area contributed by atoms with E-state index in [9.17, 15) is 15.2 Å². The zero-order chi connectivity index (χ0) is 12.4. The summed E-state index contributed by atoms with van der Waals surface area (Å²) in [6.07, 6.45) is 0.945. The number of anilines is 1. The number of nitrogens with one attached hydrogen (secondary N) is 1. The van der Waals surface area contributed by atoms with Crippen molar-refractivity contribution in [1.29, 1.82) is 0 Å². The first-order valence-corrected chi connectivity index (χ1v) is 5.37. The monoisotopic (exact) mass is 238 g/mol. The van der Waals surface area contributed by atoms with Crippen LogP contribution in [0.25, 0.3) is 0 Å². The summed E-state index contributed by atoms with van der Waals surface area (Å²) in [5.74, 6) is 0.568. The Hall–Kier alpha value is -1.82. The zero-order valence-corrected chi connectivity index (χ0v) is 9.42. The van der Waals surface area contributed by atoms with Crippen LogP contribution in [0.1, 0.15) is 12.8 Å². The SMILES string of the molecule is COc1ccc([N+](=O)[O-])c(NC2CC(O)C2)c1. The lowest BCUT2D eigenvalue weighted by molar-refractivity contribution is -0.384. The summed E-state index contributed by atoms with van der Waals surface area (Å²) in [5, 5.41) is 23.1. The molecule has 2 rings (SSSR count). The molecule has 0 atom stereocenters. The number of nitro benzene ring substituents is 1. The number of aliphatic hydroxyl groups excluding tert-OH is 1. The topological polar surface area (TPSA) is 84.6 Å². The van der Waals surface area contributed by atoms with Gasteiger partial charge in [-0.2, -0.15) is 0 Å². The maximum absolute atomic E-state index is 10.8. The van der Waals surface area contributed by atoms with Gasteiger partial charge in [-0.15, -0.1) is 0 Å². The van der Waals surface area contributed by atoms with Crippen molar-refractivity contribution < 1.29 is 14.8 Å². The van der Waals surface area contributed by atoms with E-state index in [1.807, 2.05) is 0 Å². The highest BCUT2D eigenvalue weighted by molar-refractivity contribution is 5.64. The normalized spacial score (nSPS) is 22.7. The first-order valence-electron chi connectivity index (χ1n) is 5.37. The molecular weight excluding hydrogens is 224 g/mol. The predicted molar refractivity (Wildman–Crippen MR) is 62.3 cm³/mol. The minimum atomic E-state index is -0.434. The first-order chi connectivity index (χ1) is 8.10. The molecule has 1 aromatic rings. The summed E-state index contributed by atoms with van der Waals surface area (Å²) < 4.78 is 5.03. The lowest BCUT2D eigenvalue weighted by Gasteiger charge is -2.32. The smallest absolute Gasteiger partial charge is 0.292 e. The molecule has 92 valence electrons. The van der Waals surface area contributed by atoms with Crippen molar-refractivity contribution in [3.63, 3.8) is 0 Å². The van der Waals surface area contributed by atoms with Gasteiger partial charge in [0.1, 0.15) is 11.4 Å². The van der Waals surface area contributed by atoms with Gasteiger partial charge in [-0.25, -0.2) is 0 Å². The molecule has 17 heavy (non-hydrogen) atoms. The third-order valence-corrected chi connectivity index (χ3v) is 2.87. The average molecular weight is 238 g/mol. The molecule has 1 saturated carbocycles. The highest BCUT2D eigenvalue weighted by Gasteiger charge is 2.28. The highest BCUT2D eigenvalue weighted by atomic mass is 16.6. The van der Waals surface area contributed by atoms with Crippen molar-refractivity contribution in [3.8, 4) is 5.75 Å². The van der Waals surface area contributed by atoms with E-state index < -0.39 is 4.92 Å². The largest absolute Gasteiger partial charge is 0.497 e. The van der Waals surface area contributed by atoms with Crippen molar-refractivity contribution in [1.82, 2.24) is 0 Å². The molecule has 0 saturated heterocycles. The predicted octanol–water partition coefficient (Wildman–Crippen LogP) is 1.54. The second-order valence-corrected chi connectivity index (χ2v) is 4.11. The van der Waals surface area contributed by atoms with E-state index in [1.165, 1.54) is 13.2 Å². The Bertz CT molecular complexity index is 429. The second-order valence-electron chi connectivity index (χ2n) is 4.11. The average Bonchev–Trinajstić information content (AvgIpc) is 2.26. The molecule has 1 aliphatic rings. The van der Waals surface area contributed by atoms with Crippen LogP contribution in [0.15, 0.2) is 18.2 Å². The molecular formula is C11H14N2O4. The molecule has 0 heterocycles. The molecule has 0 aliphatic heterocycles. The molecule has 0 amide bonds. The molecule has 0 unspecified atom stereocenters. The van der Waals surface area contributed by atoms with Gasteiger partial charge in [0.05, 0.1) is 18.1 Å². The Balaban J connectivity index is 2.19. The van der Waals surface area contributed by atoms with Gasteiger partial charge < -0.3 is 15.2 Å². The van der Waals surface area contributed by atoms with Crippen LogP contribution in [0.2, 0.25) is 0 Å². The number of nitro groups is 1. The van der Waals surface area contributed by atoms with E-state index in [0.717, 1.165) is 0 Å². The van der Waals surface area contributed by atoms with E-state index in [0.29, 0.717) is 24.3 Å².